The Morgan fingerprint density at radius 2 is 1.95 bits per heavy atom. The monoisotopic (exact) mass is 265 g/mol. The number of hydrogen-bond donors (Lipinski definition) is 4. The Labute approximate surface area is 109 Å². The van der Waals surface area contributed by atoms with Crippen LogP contribution in [0.3, 0.4) is 0 Å². The van der Waals surface area contributed by atoms with E-state index in [0.717, 1.165) is 0 Å². The van der Waals surface area contributed by atoms with Gasteiger partial charge in [-0.25, -0.2) is 9.59 Å². The third-order valence-electron chi connectivity index (χ3n) is 2.49. The third kappa shape index (κ3) is 3.98. The molecule has 0 aromatic heterocycles. The van der Waals surface area contributed by atoms with E-state index < -0.39 is 23.9 Å². The van der Waals surface area contributed by atoms with Gasteiger partial charge in [0.1, 0.15) is 6.04 Å². The summed E-state index contributed by atoms with van der Waals surface area (Å²) >= 11 is 0. The Morgan fingerprint density at radius 3 is 2.47 bits per heavy atom. The molecule has 7 nitrogen and oxygen atoms in total. The Kier molecular flexibility index (Phi) is 4.46. The molecule has 1 aromatic carbocycles. The lowest BCUT2D eigenvalue weighted by Gasteiger charge is -2.14. The number of rotatable bonds is 4. The maximum Gasteiger partial charge on any atom is 0.335 e. The maximum atomic E-state index is 11.8. The van der Waals surface area contributed by atoms with Crippen LogP contribution in [-0.2, 0) is 4.79 Å². The molecule has 0 saturated heterocycles. The first-order valence-electron chi connectivity index (χ1n) is 5.52. The molecule has 0 aliphatic rings. The quantitative estimate of drug-likeness (QED) is 0.639. The predicted molar refractivity (Wildman–Crippen MR) is 68.9 cm³/mol. The van der Waals surface area contributed by atoms with Crippen LogP contribution in [0.15, 0.2) is 18.2 Å². The van der Waals surface area contributed by atoms with E-state index in [1.54, 1.807) is 13.0 Å². The van der Waals surface area contributed by atoms with Crippen LogP contribution in [-0.4, -0.2) is 29.1 Å². The van der Waals surface area contributed by atoms with Crippen LogP contribution in [0.4, 0.5) is 10.5 Å². The van der Waals surface area contributed by atoms with Crippen molar-refractivity contribution in [1.29, 1.82) is 0 Å². The van der Waals surface area contributed by atoms with Gasteiger partial charge in [0.25, 0.3) is 0 Å². The molecule has 1 unspecified atom stereocenters. The van der Waals surface area contributed by atoms with Crippen molar-refractivity contribution in [3.05, 3.63) is 29.3 Å². The molecule has 1 rings (SSSR count). The predicted octanol–water partition coefficient (Wildman–Crippen LogP) is 0.689. The van der Waals surface area contributed by atoms with E-state index in [-0.39, 0.29) is 5.56 Å². The number of urea groups is 1. The standard InChI is InChI=1S/C12H15N3O4/c1-6-3-4-8(11(17)18)5-9(6)15-10(16)7(2)14-12(13)19/h3-5,7H,1-2H3,(H,15,16)(H,17,18)(H3,13,14,19). The van der Waals surface area contributed by atoms with Crippen LogP contribution in [0.5, 0.6) is 0 Å². The van der Waals surface area contributed by atoms with Crippen molar-refractivity contribution in [3.63, 3.8) is 0 Å². The maximum absolute atomic E-state index is 11.8. The Morgan fingerprint density at radius 1 is 1.32 bits per heavy atom. The van der Waals surface area contributed by atoms with Crippen molar-refractivity contribution in [2.24, 2.45) is 5.73 Å². The number of primary amides is 1. The number of carboxylic acids is 1. The summed E-state index contributed by atoms with van der Waals surface area (Å²) in [5.74, 6) is -1.57. The molecule has 5 N–H and O–H groups in total. The number of anilines is 1. The van der Waals surface area contributed by atoms with Gasteiger partial charge in [0.15, 0.2) is 0 Å². The summed E-state index contributed by atoms with van der Waals surface area (Å²) < 4.78 is 0. The second-order valence-electron chi connectivity index (χ2n) is 4.05. The summed E-state index contributed by atoms with van der Waals surface area (Å²) in [5.41, 5.74) is 6.07. The van der Waals surface area contributed by atoms with E-state index in [9.17, 15) is 14.4 Å². The molecule has 0 heterocycles. The van der Waals surface area contributed by atoms with Gasteiger partial charge in [0.05, 0.1) is 5.56 Å². The lowest BCUT2D eigenvalue weighted by molar-refractivity contribution is -0.117. The number of aryl methyl sites for hydroxylation is 1. The highest BCUT2D eigenvalue weighted by Crippen LogP contribution is 2.17. The van der Waals surface area contributed by atoms with Crippen LogP contribution in [0.25, 0.3) is 0 Å². The van der Waals surface area contributed by atoms with E-state index in [1.807, 2.05) is 0 Å². The second-order valence-corrected chi connectivity index (χ2v) is 4.05. The van der Waals surface area contributed by atoms with Crippen LogP contribution in [0, 0.1) is 6.92 Å². The fourth-order valence-electron chi connectivity index (χ4n) is 1.41. The molecule has 102 valence electrons. The number of nitrogens with one attached hydrogen (secondary N) is 2. The molecule has 1 atom stereocenters. The zero-order valence-corrected chi connectivity index (χ0v) is 10.6. The van der Waals surface area contributed by atoms with Crippen LogP contribution in [0.2, 0.25) is 0 Å². The molecule has 7 heteroatoms. The average molecular weight is 265 g/mol. The highest BCUT2D eigenvalue weighted by atomic mass is 16.4. The topological polar surface area (TPSA) is 122 Å². The van der Waals surface area contributed by atoms with Gasteiger partial charge in [0, 0.05) is 5.69 Å². The summed E-state index contributed by atoms with van der Waals surface area (Å²) in [7, 11) is 0. The van der Waals surface area contributed by atoms with Gasteiger partial charge in [-0.05, 0) is 31.5 Å². The number of carboxylic acid groups (broad SMARTS) is 1. The van der Waals surface area contributed by atoms with E-state index in [0.29, 0.717) is 11.3 Å². The number of benzene rings is 1. The summed E-state index contributed by atoms with van der Waals surface area (Å²) in [6, 6.07) is 2.76. The average Bonchev–Trinajstić information content (AvgIpc) is 2.30. The van der Waals surface area contributed by atoms with E-state index in [4.69, 9.17) is 10.8 Å². The van der Waals surface area contributed by atoms with Gasteiger partial charge >= 0.3 is 12.0 Å². The Bertz CT molecular complexity index is 528. The minimum absolute atomic E-state index is 0.0661. The van der Waals surface area contributed by atoms with Gasteiger partial charge in [-0.1, -0.05) is 6.07 Å². The molecule has 3 amide bonds. The molecule has 0 fully saturated rings. The van der Waals surface area contributed by atoms with E-state index in [2.05, 4.69) is 10.6 Å². The fourth-order valence-corrected chi connectivity index (χ4v) is 1.41. The number of aromatic carboxylic acids is 1. The molecule has 0 aliphatic carbocycles. The normalized spacial score (nSPS) is 11.5. The number of carbonyl (C=O) groups excluding carboxylic acids is 2. The smallest absolute Gasteiger partial charge is 0.335 e. The zero-order chi connectivity index (χ0) is 14.6. The molecule has 1 aromatic rings. The molecule has 0 saturated carbocycles. The first-order valence-corrected chi connectivity index (χ1v) is 5.52. The first kappa shape index (κ1) is 14.5. The fraction of sp³-hybridized carbons (Fsp3) is 0.250. The molecule has 0 aliphatic heterocycles. The third-order valence-corrected chi connectivity index (χ3v) is 2.49. The van der Waals surface area contributed by atoms with Crippen molar-refractivity contribution in [3.8, 4) is 0 Å². The number of hydrogen-bond acceptors (Lipinski definition) is 3. The van der Waals surface area contributed by atoms with Gasteiger partial charge in [-0.15, -0.1) is 0 Å². The summed E-state index contributed by atoms with van der Waals surface area (Å²) in [5, 5.41) is 13.6. The number of amides is 3. The molecular weight excluding hydrogens is 250 g/mol. The molecule has 0 bridgehead atoms. The van der Waals surface area contributed by atoms with Crippen molar-refractivity contribution >= 4 is 23.6 Å². The highest BCUT2D eigenvalue weighted by molar-refractivity contribution is 5.98. The summed E-state index contributed by atoms with van der Waals surface area (Å²) in [6.07, 6.45) is 0. The van der Waals surface area contributed by atoms with Gasteiger partial charge in [-0.3, -0.25) is 4.79 Å². The van der Waals surface area contributed by atoms with Crippen molar-refractivity contribution < 1.29 is 19.5 Å². The van der Waals surface area contributed by atoms with Gasteiger partial charge in [0.2, 0.25) is 5.91 Å². The Balaban J connectivity index is 2.86. The highest BCUT2D eigenvalue weighted by Gasteiger charge is 2.15. The lowest BCUT2D eigenvalue weighted by Crippen LogP contribution is -2.44. The lowest BCUT2D eigenvalue weighted by atomic mass is 10.1. The molecule has 0 spiro atoms. The van der Waals surface area contributed by atoms with E-state index in [1.165, 1.54) is 19.1 Å². The number of nitrogens with two attached hydrogens (primary N) is 1. The van der Waals surface area contributed by atoms with Crippen molar-refractivity contribution in [2.45, 2.75) is 19.9 Å². The molecule has 0 radical (unpaired) electrons. The summed E-state index contributed by atoms with van der Waals surface area (Å²) in [4.78, 5) is 33.2. The Hall–Kier alpha value is -2.57. The van der Waals surface area contributed by atoms with Crippen LogP contribution < -0.4 is 16.4 Å². The van der Waals surface area contributed by atoms with Crippen molar-refractivity contribution in [1.82, 2.24) is 5.32 Å². The summed E-state index contributed by atoms with van der Waals surface area (Å²) in [6.45, 7) is 3.20. The number of carbonyl (C=O) groups is 3. The first-order chi connectivity index (χ1) is 8.81. The van der Waals surface area contributed by atoms with Gasteiger partial charge < -0.3 is 21.5 Å². The van der Waals surface area contributed by atoms with Gasteiger partial charge in [-0.2, -0.15) is 0 Å². The SMILES string of the molecule is Cc1ccc(C(=O)O)cc1NC(=O)C(C)NC(N)=O. The largest absolute Gasteiger partial charge is 0.478 e. The minimum Gasteiger partial charge on any atom is -0.478 e. The zero-order valence-electron chi connectivity index (χ0n) is 10.6. The molecule has 19 heavy (non-hydrogen) atoms. The van der Waals surface area contributed by atoms with Crippen molar-refractivity contribution in [2.75, 3.05) is 5.32 Å². The minimum atomic E-state index is -1.08. The second kappa shape index (κ2) is 5.85. The molecular formula is C12H15N3O4. The van der Waals surface area contributed by atoms with Crippen LogP contribution >= 0.6 is 0 Å². The van der Waals surface area contributed by atoms with Crippen LogP contribution in [0.1, 0.15) is 22.8 Å². The van der Waals surface area contributed by atoms with E-state index >= 15 is 0 Å².